The van der Waals surface area contributed by atoms with Crippen LogP contribution in [0.5, 0.6) is 0 Å². The van der Waals surface area contributed by atoms with Crippen molar-refractivity contribution in [3.05, 3.63) is 35.9 Å². The van der Waals surface area contributed by atoms with Crippen molar-refractivity contribution in [3.8, 4) is 0 Å². The van der Waals surface area contributed by atoms with Gasteiger partial charge in [-0.2, -0.15) is 0 Å². The summed E-state index contributed by atoms with van der Waals surface area (Å²) in [5.41, 5.74) is 0.664. The fourth-order valence-corrected chi connectivity index (χ4v) is 2.19. The van der Waals surface area contributed by atoms with Gasteiger partial charge >= 0.3 is 0 Å². The van der Waals surface area contributed by atoms with Gasteiger partial charge in [-0.15, -0.1) is 0 Å². The normalized spacial score (nSPS) is 19.2. The van der Waals surface area contributed by atoms with Crippen molar-refractivity contribution in [1.29, 1.82) is 0 Å². The lowest BCUT2D eigenvalue weighted by Gasteiger charge is -2.41. The van der Waals surface area contributed by atoms with E-state index in [-0.39, 0.29) is 24.0 Å². The molecule has 0 radical (unpaired) electrons. The third kappa shape index (κ3) is 2.50. The van der Waals surface area contributed by atoms with E-state index in [0.717, 1.165) is 24.8 Å². The van der Waals surface area contributed by atoms with E-state index in [1.54, 1.807) is 0 Å². The molecular weight excluding hydrogens is 214 g/mol. The van der Waals surface area contributed by atoms with Crippen molar-refractivity contribution in [2.45, 2.75) is 37.6 Å². The molecule has 0 aliphatic heterocycles. The molecule has 1 saturated carbocycles. The first-order chi connectivity index (χ1) is 8.17. The Kier molecular flexibility index (Phi) is 3.48. The molecule has 0 aromatic heterocycles. The summed E-state index contributed by atoms with van der Waals surface area (Å²) in [6.07, 6.45) is 2.86. The lowest BCUT2D eigenvalue weighted by molar-refractivity contribution is -0.126. The highest BCUT2D eigenvalue weighted by Crippen LogP contribution is 2.32. The van der Waals surface area contributed by atoms with E-state index >= 15 is 0 Å². The summed E-state index contributed by atoms with van der Waals surface area (Å²) in [6.45, 7) is 1.94. The summed E-state index contributed by atoms with van der Waals surface area (Å²) < 4.78 is 0. The largest absolute Gasteiger partial charge is 0.394 e. The monoisotopic (exact) mass is 233 g/mol. The summed E-state index contributed by atoms with van der Waals surface area (Å²) in [5, 5.41) is 12.3. The summed E-state index contributed by atoms with van der Waals surface area (Å²) in [7, 11) is 0. The van der Waals surface area contributed by atoms with Crippen molar-refractivity contribution in [3.63, 3.8) is 0 Å². The molecule has 3 heteroatoms. The van der Waals surface area contributed by atoms with Crippen molar-refractivity contribution in [1.82, 2.24) is 5.32 Å². The average Bonchev–Trinajstić information content (AvgIpc) is 2.33. The third-order valence-corrected chi connectivity index (χ3v) is 3.69. The van der Waals surface area contributed by atoms with Gasteiger partial charge in [0.1, 0.15) is 0 Å². The van der Waals surface area contributed by atoms with Gasteiger partial charge in [0.2, 0.25) is 5.91 Å². The molecule has 2 rings (SSSR count). The molecular formula is C14H19NO2. The minimum Gasteiger partial charge on any atom is -0.394 e. The second kappa shape index (κ2) is 4.88. The number of amides is 1. The number of carbonyl (C=O) groups excluding carboxylic acids is 1. The van der Waals surface area contributed by atoms with Crippen LogP contribution < -0.4 is 5.32 Å². The molecule has 1 aliphatic carbocycles. The van der Waals surface area contributed by atoms with Crippen molar-refractivity contribution < 1.29 is 9.90 Å². The molecule has 1 amide bonds. The quantitative estimate of drug-likeness (QED) is 0.833. The zero-order chi connectivity index (χ0) is 12.3. The Morgan fingerprint density at radius 2 is 2.06 bits per heavy atom. The highest BCUT2D eigenvalue weighted by Gasteiger charge is 2.38. The second-order valence-electron chi connectivity index (χ2n) is 4.91. The zero-order valence-corrected chi connectivity index (χ0v) is 10.1. The number of carbonyl (C=O) groups is 1. The van der Waals surface area contributed by atoms with Crippen LogP contribution in [0.25, 0.3) is 0 Å². The SMILES string of the molecule is CC(C(=O)NC1(CO)CCC1)c1ccccc1. The van der Waals surface area contributed by atoms with Gasteiger partial charge in [-0.05, 0) is 31.7 Å². The number of aliphatic hydroxyl groups is 1. The van der Waals surface area contributed by atoms with Gasteiger partial charge in [-0.25, -0.2) is 0 Å². The zero-order valence-electron chi connectivity index (χ0n) is 10.1. The summed E-state index contributed by atoms with van der Waals surface area (Å²) >= 11 is 0. The summed E-state index contributed by atoms with van der Waals surface area (Å²) in [5.74, 6) is -0.162. The predicted octanol–water partition coefficient (Wildman–Crippen LogP) is 1.82. The minimum atomic E-state index is -0.347. The van der Waals surface area contributed by atoms with Crippen LogP contribution in [0.1, 0.15) is 37.7 Å². The fourth-order valence-electron chi connectivity index (χ4n) is 2.19. The standard InChI is InChI=1S/C14H19NO2/c1-11(12-6-3-2-4-7-12)13(17)15-14(10-16)8-5-9-14/h2-4,6-7,11,16H,5,8-10H2,1H3,(H,15,17). The highest BCUT2D eigenvalue weighted by molar-refractivity contribution is 5.84. The molecule has 1 fully saturated rings. The van der Waals surface area contributed by atoms with Crippen molar-refractivity contribution in [2.24, 2.45) is 0 Å². The van der Waals surface area contributed by atoms with E-state index in [1.165, 1.54) is 0 Å². The van der Waals surface area contributed by atoms with Gasteiger partial charge < -0.3 is 10.4 Å². The Hall–Kier alpha value is -1.35. The maximum Gasteiger partial charge on any atom is 0.227 e. The van der Waals surface area contributed by atoms with E-state index in [0.29, 0.717) is 0 Å². The van der Waals surface area contributed by atoms with E-state index in [1.807, 2.05) is 37.3 Å². The number of rotatable bonds is 4. The van der Waals surface area contributed by atoms with Crippen LogP contribution >= 0.6 is 0 Å². The molecule has 92 valence electrons. The van der Waals surface area contributed by atoms with E-state index < -0.39 is 0 Å². The first-order valence-corrected chi connectivity index (χ1v) is 6.15. The van der Waals surface area contributed by atoms with Gasteiger partial charge in [0.25, 0.3) is 0 Å². The van der Waals surface area contributed by atoms with Crippen LogP contribution in [-0.2, 0) is 4.79 Å². The van der Waals surface area contributed by atoms with E-state index in [9.17, 15) is 9.90 Å². The van der Waals surface area contributed by atoms with Crippen LogP contribution in [0.2, 0.25) is 0 Å². The van der Waals surface area contributed by atoms with Crippen molar-refractivity contribution >= 4 is 5.91 Å². The predicted molar refractivity (Wildman–Crippen MR) is 66.7 cm³/mol. The number of aliphatic hydroxyl groups excluding tert-OH is 1. The highest BCUT2D eigenvalue weighted by atomic mass is 16.3. The van der Waals surface area contributed by atoms with Crippen LogP contribution in [0.4, 0.5) is 0 Å². The molecule has 2 N–H and O–H groups in total. The molecule has 1 unspecified atom stereocenters. The fraction of sp³-hybridized carbons (Fsp3) is 0.500. The topological polar surface area (TPSA) is 49.3 Å². The Morgan fingerprint density at radius 1 is 1.41 bits per heavy atom. The molecule has 0 heterocycles. The maximum absolute atomic E-state index is 12.1. The molecule has 3 nitrogen and oxygen atoms in total. The Bertz CT molecular complexity index is 379. The second-order valence-corrected chi connectivity index (χ2v) is 4.91. The third-order valence-electron chi connectivity index (χ3n) is 3.69. The van der Waals surface area contributed by atoms with Crippen LogP contribution in [0, 0.1) is 0 Å². The van der Waals surface area contributed by atoms with Gasteiger partial charge in [-0.1, -0.05) is 30.3 Å². The van der Waals surface area contributed by atoms with Crippen LogP contribution in [-0.4, -0.2) is 23.2 Å². The molecule has 1 aliphatic rings. The molecule has 1 aromatic rings. The lowest BCUT2D eigenvalue weighted by Crippen LogP contribution is -2.57. The molecule has 0 saturated heterocycles. The molecule has 0 spiro atoms. The van der Waals surface area contributed by atoms with Gasteiger partial charge in [0, 0.05) is 0 Å². The Balaban J connectivity index is 2.01. The first-order valence-electron chi connectivity index (χ1n) is 6.15. The van der Waals surface area contributed by atoms with Crippen LogP contribution in [0.15, 0.2) is 30.3 Å². The van der Waals surface area contributed by atoms with Crippen LogP contribution in [0.3, 0.4) is 0 Å². The Morgan fingerprint density at radius 3 is 2.53 bits per heavy atom. The lowest BCUT2D eigenvalue weighted by atomic mass is 9.77. The average molecular weight is 233 g/mol. The molecule has 1 atom stereocenters. The molecule has 0 bridgehead atoms. The Labute approximate surface area is 102 Å². The van der Waals surface area contributed by atoms with Crippen molar-refractivity contribution in [2.75, 3.05) is 6.61 Å². The molecule has 1 aromatic carbocycles. The first kappa shape index (κ1) is 12.1. The van der Waals surface area contributed by atoms with E-state index in [4.69, 9.17) is 0 Å². The smallest absolute Gasteiger partial charge is 0.227 e. The number of benzene rings is 1. The van der Waals surface area contributed by atoms with Gasteiger partial charge in [0.15, 0.2) is 0 Å². The molecule has 17 heavy (non-hydrogen) atoms. The number of hydrogen-bond acceptors (Lipinski definition) is 2. The van der Waals surface area contributed by atoms with Gasteiger partial charge in [-0.3, -0.25) is 4.79 Å². The number of nitrogens with one attached hydrogen (secondary N) is 1. The summed E-state index contributed by atoms with van der Waals surface area (Å²) in [6, 6.07) is 9.72. The minimum absolute atomic E-state index is 0.00458. The van der Waals surface area contributed by atoms with Gasteiger partial charge in [0.05, 0.1) is 18.1 Å². The number of hydrogen-bond donors (Lipinski definition) is 2. The summed E-state index contributed by atoms with van der Waals surface area (Å²) in [4.78, 5) is 12.1. The van der Waals surface area contributed by atoms with E-state index in [2.05, 4.69) is 5.32 Å². The maximum atomic E-state index is 12.1.